The van der Waals surface area contributed by atoms with Crippen LogP contribution in [0.2, 0.25) is 0 Å². The predicted molar refractivity (Wildman–Crippen MR) is 108 cm³/mol. The number of nitro groups is 1. The molecule has 1 fully saturated rings. The van der Waals surface area contributed by atoms with E-state index in [9.17, 15) is 23.3 Å². The van der Waals surface area contributed by atoms with Gasteiger partial charge in [0, 0.05) is 30.3 Å². The number of benzene rings is 2. The second-order valence-electron chi connectivity index (χ2n) is 7.30. The molecule has 4 rings (SSSR count). The lowest BCUT2D eigenvalue weighted by atomic mass is 9.97. The molecule has 2 aromatic carbocycles. The van der Waals surface area contributed by atoms with Gasteiger partial charge in [0.2, 0.25) is 0 Å². The summed E-state index contributed by atoms with van der Waals surface area (Å²) in [6.45, 7) is 2.45. The number of hydrogen-bond donors (Lipinski definition) is 0. The fourth-order valence-electron chi connectivity index (χ4n) is 3.77. The van der Waals surface area contributed by atoms with Gasteiger partial charge >= 0.3 is 5.97 Å². The van der Waals surface area contributed by atoms with Crippen molar-refractivity contribution in [1.82, 2.24) is 4.90 Å². The summed E-state index contributed by atoms with van der Waals surface area (Å²) < 4.78 is 34.0. The first kappa shape index (κ1) is 20.0. The number of nitro benzene ring substituents is 1. The van der Waals surface area contributed by atoms with Gasteiger partial charge in [-0.2, -0.15) is 8.42 Å². The van der Waals surface area contributed by atoms with Gasteiger partial charge in [-0.3, -0.25) is 14.9 Å². The minimum atomic E-state index is -3.73. The first-order valence-corrected chi connectivity index (χ1v) is 10.9. The van der Waals surface area contributed by atoms with Gasteiger partial charge in [-0.05, 0) is 44.0 Å². The Kier molecular flexibility index (Phi) is 5.02. The minimum Gasteiger partial charge on any atom is -0.426 e. The summed E-state index contributed by atoms with van der Waals surface area (Å²) in [6.07, 6.45) is 1.28. The maximum Gasteiger partial charge on any atom is 0.316 e. The molecule has 10 heteroatoms. The van der Waals surface area contributed by atoms with Gasteiger partial charge in [0.25, 0.3) is 15.7 Å². The summed E-state index contributed by atoms with van der Waals surface area (Å²) in [6, 6.07) is 10.8. The van der Waals surface area contributed by atoms with Crippen LogP contribution in [0.4, 0.5) is 5.69 Å². The van der Waals surface area contributed by atoms with E-state index in [0.29, 0.717) is 36.3 Å². The van der Waals surface area contributed by atoms with Gasteiger partial charge in [-0.15, -0.1) is 4.40 Å². The van der Waals surface area contributed by atoms with Gasteiger partial charge in [0.1, 0.15) is 10.6 Å². The Morgan fingerprint density at radius 2 is 2.03 bits per heavy atom. The van der Waals surface area contributed by atoms with E-state index in [1.807, 2.05) is 0 Å². The molecule has 156 valence electrons. The van der Waals surface area contributed by atoms with Crippen molar-refractivity contribution in [2.75, 3.05) is 13.1 Å². The molecule has 2 aromatic rings. The number of hydrogen-bond acceptors (Lipinski definition) is 7. The molecule has 2 aliphatic heterocycles. The van der Waals surface area contributed by atoms with Crippen LogP contribution < -0.4 is 4.74 Å². The van der Waals surface area contributed by atoms with Crippen molar-refractivity contribution in [3.63, 3.8) is 0 Å². The van der Waals surface area contributed by atoms with Crippen LogP contribution in [0.5, 0.6) is 5.75 Å². The van der Waals surface area contributed by atoms with Crippen LogP contribution in [0.25, 0.3) is 0 Å². The van der Waals surface area contributed by atoms with Crippen molar-refractivity contribution < 1.29 is 22.9 Å². The second-order valence-corrected chi connectivity index (χ2v) is 8.87. The van der Waals surface area contributed by atoms with Crippen LogP contribution >= 0.6 is 0 Å². The molecule has 9 nitrogen and oxygen atoms in total. The van der Waals surface area contributed by atoms with E-state index in [1.54, 1.807) is 30.0 Å². The number of likely N-dealkylation sites (tertiary alicyclic amines) is 1. The van der Waals surface area contributed by atoms with Crippen molar-refractivity contribution in [3.05, 3.63) is 63.7 Å². The quantitative estimate of drug-likeness (QED) is 0.318. The first-order chi connectivity index (χ1) is 14.3. The Morgan fingerprint density at radius 1 is 1.27 bits per heavy atom. The topological polar surface area (TPSA) is 119 Å². The molecule has 1 atom stereocenters. The fourth-order valence-corrected chi connectivity index (χ4v) is 5.00. The maximum absolute atomic E-state index is 12.7. The number of ether oxygens (including phenoxy) is 1. The van der Waals surface area contributed by atoms with E-state index in [4.69, 9.17) is 4.74 Å². The van der Waals surface area contributed by atoms with Crippen molar-refractivity contribution >= 4 is 27.5 Å². The lowest BCUT2D eigenvalue weighted by Crippen LogP contribution is -2.43. The summed E-state index contributed by atoms with van der Waals surface area (Å²) >= 11 is 0. The van der Waals surface area contributed by atoms with Gasteiger partial charge in [-0.25, -0.2) is 0 Å². The summed E-state index contributed by atoms with van der Waals surface area (Å²) in [5.41, 5.74) is 0.896. The Morgan fingerprint density at radius 3 is 2.77 bits per heavy atom. The number of nitrogens with zero attached hydrogens (tertiary/aromatic N) is 3. The van der Waals surface area contributed by atoms with Gasteiger partial charge in [0.05, 0.1) is 10.8 Å². The Hall–Kier alpha value is -3.27. The minimum absolute atomic E-state index is 0.0437. The number of esters is 1. The number of piperidine rings is 1. The molecule has 0 N–H and O–H groups in total. The third kappa shape index (κ3) is 3.65. The average molecular weight is 429 g/mol. The Labute approximate surface area is 173 Å². The van der Waals surface area contributed by atoms with Gasteiger partial charge < -0.3 is 9.64 Å². The van der Waals surface area contributed by atoms with Crippen LogP contribution in [0.1, 0.15) is 24.0 Å². The molecule has 0 saturated carbocycles. The van der Waals surface area contributed by atoms with E-state index in [-0.39, 0.29) is 22.9 Å². The molecule has 1 saturated heterocycles. The Balaban J connectivity index is 1.50. The molecule has 0 spiro atoms. The van der Waals surface area contributed by atoms with E-state index in [1.165, 1.54) is 24.3 Å². The molecule has 30 heavy (non-hydrogen) atoms. The molecule has 0 radical (unpaired) electrons. The van der Waals surface area contributed by atoms with Gasteiger partial charge in [-0.1, -0.05) is 12.1 Å². The SMILES string of the molecule is Cc1cc(OC(=O)C2CCCN(C3=NS(=O)(=O)c4ccccc43)C2)ccc1[N+](=O)[O-]. The number of amidine groups is 1. The molecule has 0 aliphatic carbocycles. The third-order valence-electron chi connectivity index (χ3n) is 5.25. The van der Waals surface area contributed by atoms with Gasteiger partial charge in [0.15, 0.2) is 5.84 Å². The summed E-state index contributed by atoms with van der Waals surface area (Å²) in [7, 11) is -3.73. The highest BCUT2D eigenvalue weighted by Crippen LogP contribution is 2.30. The summed E-state index contributed by atoms with van der Waals surface area (Å²) in [5, 5.41) is 10.9. The van der Waals surface area contributed by atoms with Crippen molar-refractivity contribution in [1.29, 1.82) is 0 Å². The smallest absolute Gasteiger partial charge is 0.316 e. The largest absolute Gasteiger partial charge is 0.426 e. The van der Waals surface area contributed by atoms with E-state index in [0.717, 1.165) is 0 Å². The molecular weight excluding hydrogens is 410 g/mol. The fraction of sp³-hybridized carbons (Fsp3) is 0.300. The zero-order valence-electron chi connectivity index (χ0n) is 16.1. The zero-order chi connectivity index (χ0) is 21.5. The number of carbonyl (C=O) groups is 1. The standard InChI is InChI=1S/C20H19N3O6S/c1-13-11-15(8-9-17(13)23(25)26)29-20(24)14-5-4-10-22(12-14)19-16-6-2-3-7-18(16)30(27,28)21-19/h2-3,6-9,11,14H,4-5,10,12H2,1H3. The van der Waals surface area contributed by atoms with E-state index >= 15 is 0 Å². The molecular formula is C20H19N3O6S. The molecule has 0 bridgehead atoms. The van der Waals surface area contributed by atoms with E-state index < -0.39 is 26.8 Å². The van der Waals surface area contributed by atoms with Crippen LogP contribution in [-0.4, -0.2) is 43.1 Å². The highest BCUT2D eigenvalue weighted by molar-refractivity contribution is 7.90. The number of fused-ring (bicyclic) bond motifs is 1. The normalized spacial score (nSPS) is 19.7. The number of aryl methyl sites for hydroxylation is 1. The second kappa shape index (κ2) is 7.52. The van der Waals surface area contributed by atoms with Crippen molar-refractivity contribution in [2.24, 2.45) is 10.3 Å². The van der Waals surface area contributed by atoms with Crippen LogP contribution in [0, 0.1) is 23.0 Å². The molecule has 0 amide bonds. The predicted octanol–water partition coefficient (Wildman–Crippen LogP) is 2.67. The molecule has 2 heterocycles. The monoisotopic (exact) mass is 429 g/mol. The lowest BCUT2D eigenvalue weighted by Gasteiger charge is -2.32. The molecule has 0 aromatic heterocycles. The van der Waals surface area contributed by atoms with Crippen molar-refractivity contribution in [2.45, 2.75) is 24.7 Å². The summed E-state index contributed by atoms with van der Waals surface area (Å²) in [4.78, 5) is 25.1. The van der Waals surface area contributed by atoms with Crippen LogP contribution in [-0.2, 0) is 14.8 Å². The zero-order valence-corrected chi connectivity index (χ0v) is 17.0. The van der Waals surface area contributed by atoms with E-state index in [2.05, 4.69) is 4.40 Å². The number of carbonyl (C=O) groups excluding carboxylic acids is 1. The third-order valence-corrected chi connectivity index (χ3v) is 6.58. The lowest BCUT2D eigenvalue weighted by molar-refractivity contribution is -0.385. The average Bonchev–Trinajstić information content (AvgIpc) is 2.99. The number of sulfonamides is 1. The number of rotatable bonds is 3. The summed E-state index contributed by atoms with van der Waals surface area (Å²) in [5.74, 6) is -0.323. The highest BCUT2D eigenvalue weighted by atomic mass is 32.2. The maximum atomic E-state index is 12.7. The first-order valence-electron chi connectivity index (χ1n) is 9.42. The highest BCUT2D eigenvalue weighted by Gasteiger charge is 2.35. The van der Waals surface area contributed by atoms with Crippen molar-refractivity contribution in [3.8, 4) is 5.75 Å². The molecule has 2 aliphatic rings. The molecule has 1 unspecified atom stereocenters. The van der Waals surface area contributed by atoms with Crippen LogP contribution in [0.3, 0.4) is 0 Å². The Bertz CT molecular complexity index is 1170. The van der Waals surface area contributed by atoms with Crippen LogP contribution in [0.15, 0.2) is 51.8 Å².